The standard InChI is InChI=1S/C21H29N5O.ClH/c22-18(12-15-6-2-1-3-7-15)21-24-19(13-16-10-11-16)25-26(21)14-20(27)23-17-8-4-5-9-17;/h1-3,6-7,16-18H,4-5,8-14,22H2,(H,23,27);1H/t18-;/m1./s1. The Hall–Kier alpha value is -1.92. The van der Waals surface area contributed by atoms with Crippen molar-refractivity contribution in [2.75, 3.05) is 0 Å². The third kappa shape index (κ3) is 5.55. The van der Waals surface area contributed by atoms with Crippen molar-refractivity contribution in [1.82, 2.24) is 20.1 Å². The van der Waals surface area contributed by atoms with E-state index >= 15 is 0 Å². The Morgan fingerprint density at radius 1 is 1.18 bits per heavy atom. The zero-order valence-corrected chi connectivity index (χ0v) is 17.0. The summed E-state index contributed by atoms with van der Waals surface area (Å²) in [5.74, 6) is 2.25. The van der Waals surface area contributed by atoms with Crippen LogP contribution in [0, 0.1) is 5.92 Å². The maximum absolute atomic E-state index is 12.5. The molecule has 0 bridgehead atoms. The van der Waals surface area contributed by atoms with Crippen molar-refractivity contribution < 1.29 is 4.79 Å². The average Bonchev–Trinajstić information content (AvgIpc) is 3.14. The van der Waals surface area contributed by atoms with Gasteiger partial charge < -0.3 is 11.1 Å². The van der Waals surface area contributed by atoms with E-state index in [1.807, 2.05) is 18.2 Å². The van der Waals surface area contributed by atoms with Crippen LogP contribution in [-0.4, -0.2) is 26.7 Å². The van der Waals surface area contributed by atoms with Crippen molar-refractivity contribution in [2.45, 2.75) is 70.0 Å². The lowest BCUT2D eigenvalue weighted by atomic mass is 10.1. The molecule has 2 fully saturated rings. The third-order valence-electron chi connectivity index (χ3n) is 5.56. The van der Waals surface area contributed by atoms with Crippen LogP contribution in [-0.2, 0) is 24.2 Å². The molecule has 1 aromatic carbocycles. The second-order valence-electron chi connectivity index (χ2n) is 8.04. The number of hydrogen-bond donors (Lipinski definition) is 2. The fraction of sp³-hybridized carbons (Fsp3) is 0.571. The number of rotatable bonds is 8. The quantitative estimate of drug-likeness (QED) is 0.709. The molecule has 2 aromatic rings. The number of carbonyl (C=O) groups excluding carboxylic acids is 1. The van der Waals surface area contributed by atoms with Crippen LogP contribution in [0.25, 0.3) is 0 Å². The van der Waals surface area contributed by atoms with E-state index in [2.05, 4.69) is 22.5 Å². The molecule has 0 unspecified atom stereocenters. The maximum atomic E-state index is 12.5. The lowest BCUT2D eigenvalue weighted by molar-refractivity contribution is -0.122. The van der Waals surface area contributed by atoms with Crippen LogP contribution in [0.5, 0.6) is 0 Å². The topological polar surface area (TPSA) is 85.8 Å². The van der Waals surface area contributed by atoms with Crippen molar-refractivity contribution >= 4 is 18.3 Å². The minimum Gasteiger partial charge on any atom is -0.352 e. The number of hydrogen-bond acceptors (Lipinski definition) is 4. The van der Waals surface area contributed by atoms with Crippen molar-refractivity contribution in [1.29, 1.82) is 0 Å². The van der Waals surface area contributed by atoms with Crippen LogP contribution in [0.1, 0.15) is 61.8 Å². The van der Waals surface area contributed by atoms with E-state index in [-0.39, 0.29) is 30.9 Å². The Labute approximate surface area is 172 Å². The van der Waals surface area contributed by atoms with E-state index in [0.29, 0.717) is 18.4 Å². The van der Waals surface area contributed by atoms with E-state index in [1.165, 1.54) is 31.2 Å². The van der Waals surface area contributed by atoms with Gasteiger partial charge in [0.25, 0.3) is 0 Å². The minimum atomic E-state index is -0.271. The van der Waals surface area contributed by atoms with Crippen molar-refractivity contribution in [3.8, 4) is 0 Å². The predicted octanol–water partition coefficient (Wildman–Crippen LogP) is 2.95. The highest BCUT2D eigenvalue weighted by molar-refractivity contribution is 5.85. The van der Waals surface area contributed by atoms with Crippen LogP contribution < -0.4 is 11.1 Å². The minimum absolute atomic E-state index is 0. The lowest BCUT2D eigenvalue weighted by Crippen LogP contribution is -2.36. The van der Waals surface area contributed by atoms with Crippen LogP contribution >= 0.6 is 12.4 Å². The van der Waals surface area contributed by atoms with E-state index < -0.39 is 0 Å². The van der Waals surface area contributed by atoms with Gasteiger partial charge in [-0.2, -0.15) is 5.10 Å². The van der Waals surface area contributed by atoms with Gasteiger partial charge in [0.05, 0.1) is 6.04 Å². The molecular formula is C21H30ClN5O. The monoisotopic (exact) mass is 403 g/mol. The number of nitrogens with zero attached hydrogens (tertiary/aromatic N) is 3. The first-order chi connectivity index (χ1) is 13.2. The molecule has 4 rings (SSSR count). The summed E-state index contributed by atoms with van der Waals surface area (Å²) in [6.07, 6.45) is 8.64. The summed E-state index contributed by atoms with van der Waals surface area (Å²) in [6, 6.07) is 10.2. The molecule has 3 N–H and O–H groups in total. The average molecular weight is 404 g/mol. The number of aromatic nitrogens is 3. The molecule has 0 radical (unpaired) electrons. The molecule has 28 heavy (non-hydrogen) atoms. The number of nitrogens with two attached hydrogens (primary N) is 1. The highest BCUT2D eigenvalue weighted by atomic mass is 35.5. The Balaban J connectivity index is 0.00000225. The Kier molecular flexibility index (Phi) is 7.08. The Bertz CT molecular complexity index is 768. The second-order valence-corrected chi connectivity index (χ2v) is 8.04. The van der Waals surface area contributed by atoms with Gasteiger partial charge in [-0.05, 0) is 43.6 Å². The van der Waals surface area contributed by atoms with Crippen LogP contribution in [0.4, 0.5) is 0 Å². The summed E-state index contributed by atoms with van der Waals surface area (Å²) in [7, 11) is 0. The van der Waals surface area contributed by atoms with Crippen LogP contribution in [0.3, 0.4) is 0 Å². The molecule has 2 aliphatic rings. The third-order valence-corrected chi connectivity index (χ3v) is 5.56. The van der Waals surface area contributed by atoms with E-state index in [4.69, 9.17) is 10.7 Å². The first-order valence-corrected chi connectivity index (χ1v) is 10.2. The smallest absolute Gasteiger partial charge is 0.242 e. The molecule has 0 spiro atoms. The van der Waals surface area contributed by atoms with Crippen molar-refractivity contribution in [3.63, 3.8) is 0 Å². The fourth-order valence-corrected chi connectivity index (χ4v) is 3.90. The normalized spacial score (nSPS) is 17.9. The van der Waals surface area contributed by atoms with Gasteiger partial charge in [0.2, 0.25) is 5.91 Å². The molecule has 2 saturated carbocycles. The molecule has 1 amide bonds. The van der Waals surface area contributed by atoms with Gasteiger partial charge in [-0.25, -0.2) is 9.67 Å². The molecule has 1 atom stereocenters. The predicted molar refractivity (Wildman–Crippen MR) is 111 cm³/mol. The summed E-state index contributed by atoms with van der Waals surface area (Å²) >= 11 is 0. The molecule has 0 saturated heterocycles. The molecule has 6 nitrogen and oxygen atoms in total. The Morgan fingerprint density at radius 3 is 2.57 bits per heavy atom. The van der Waals surface area contributed by atoms with Gasteiger partial charge in [0, 0.05) is 12.5 Å². The zero-order valence-electron chi connectivity index (χ0n) is 16.2. The molecule has 7 heteroatoms. The molecule has 1 aromatic heterocycles. The molecule has 0 aliphatic heterocycles. The summed E-state index contributed by atoms with van der Waals surface area (Å²) in [5.41, 5.74) is 7.64. The SMILES string of the molecule is Cl.N[C@H](Cc1ccccc1)c1nc(CC2CC2)nn1CC(=O)NC1CCCC1. The summed E-state index contributed by atoms with van der Waals surface area (Å²) in [6.45, 7) is 0.200. The van der Waals surface area contributed by atoms with E-state index in [9.17, 15) is 4.79 Å². The molecular weight excluding hydrogens is 374 g/mol. The fourth-order valence-electron chi connectivity index (χ4n) is 3.90. The van der Waals surface area contributed by atoms with Crippen LogP contribution in [0.2, 0.25) is 0 Å². The Morgan fingerprint density at radius 2 is 1.89 bits per heavy atom. The van der Waals surface area contributed by atoms with Gasteiger partial charge in [-0.3, -0.25) is 4.79 Å². The zero-order chi connectivity index (χ0) is 18.6. The summed E-state index contributed by atoms with van der Waals surface area (Å²) < 4.78 is 1.73. The van der Waals surface area contributed by atoms with Gasteiger partial charge in [0.15, 0.2) is 5.82 Å². The largest absolute Gasteiger partial charge is 0.352 e. The number of nitrogens with one attached hydrogen (secondary N) is 1. The summed E-state index contributed by atoms with van der Waals surface area (Å²) in [5, 5.41) is 7.77. The molecule has 2 aliphatic carbocycles. The van der Waals surface area contributed by atoms with Gasteiger partial charge in [-0.15, -0.1) is 12.4 Å². The summed E-state index contributed by atoms with van der Waals surface area (Å²) in [4.78, 5) is 17.2. The van der Waals surface area contributed by atoms with Crippen molar-refractivity contribution in [3.05, 3.63) is 47.5 Å². The highest BCUT2D eigenvalue weighted by Gasteiger charge is 2.26. The van der Waals surface area contributed by atoms with E-state index in [0.717, 1.165) is 30.9 Å². The maximum Gasteiger partial charge on any atom is 0.242 e. The van der Waals surface area contributed by atoms with Gasteiger partial charge in [0.1, 0.15) is 12.4 Å². The first kappa shape index (κ1) is 20.8. The van der Waals surface area contributed by atoms with Crippen LogP contribution in [0.15, 0.2) is 30.3 Å². The highest BCUT2D eigenvalue weighted by Crippen LogP contribution is 2.32. The van der Waals surface area contributed by atoms with Crippen molar-refractivity contribution in [2.24, 2.45) is 11.7 Å². The lowest BCUT2D eigenvalue weighted by Gasteiger charge is -2.15. The molecule has 1 heterocycles. The van der Waals surface area contributed by atoms with Gasteiger partial charge in [-0.1, -0.05) is 43.2 Å². The number of halogens is 1. The van der Waals surface area contributed by atoms with Gasteiger partial charge >= 0.3 is 0 Å². The number of carbonyl (C=O) groups is 1. The molecule has 152 valence electrons. The second kappa shape index (κ2) is 9.52. The number of amides is 1. The number of benzene rings is 1. The van der Waals surface area contributed by atoms with E-state index in [1.54, 1.807) is 4.68 Å². The first-order valence-electron chi connectivity index (χ1n) is 10.2.